The second-order valence-electron chi connectivity index (χ2n) is 4.01. The normalized spacial score (nSPS) is 18.4. The van der Waals surface area contributed by atoms with Crippen LogP contribution in [0, 0.1) is 0 Å². The van der Waals surface area contributed by atoms with Crippen molar-refractivity contribution >= 4 is 5.69 Å². The Morgan fingerprint density at radius 3 is 2.40 bits per heavy atom. The van der Waals surface area contributed by atoms with Gasteiger partial charge in [0.15, 0.2) is 0 Å². The van der Waals surface area contributed by atoms with E-state index in [9.17, 15) is 0 Å². The molecule has 1 aromatic rings. The zero-order chi connectivity index (χ0) is 10.3. The Bertz CT molecular complexity index is 260. The maximum absolute atomic E-state index is 5.07. The molecule has 0 bridgehead atoms. The van der Waals surface area contributed by atoms with Gasteiger partial charge in [-0.3, -0.25) is 0 Å². The maximum atomic E-state index is 5.07. The fraction of sp³-hybridized carbons (Fsp3) is 0.538. The highest BCUT2D eigenvalue weighted by atomic mass is 16.5. The minimum absolute atomic E-state index is 1.00. The number of nitrogens with one attached hydrogen (secondary N) is 1. The van der Waals surface area contributed by atoms with Crippen LogP contribution in [0.4, 0.5) is 5.69 Å². The first-order valence-electron chi connectivity index (χ1n) is 5.86. The zero-order valence-corrected chi connectivity index (χ0v) is 9.17. The van der Waals surface area contributed by atoms with E-state index < -0.39 is 0 Å². The Morgan fingerprint density at radius 1 is 1.00 bits per heavy atom. The summed E-state index contributed by atoms with van der Waals surface area (Å²) in [7, 11) is 0. The van der Waals surface area contributed by atoms with E-state index in [0.29, 0.717) is 0 Å². The Morgan fingerprint density at radius 2 is 1.80 bits per heavy atom. The molecule has 0 aromatic heterocycles. The summed E-state index contributed by atoms with van der Waals surface area (Å²) in [6, 6.07) is 8.46. The first-order chi connectivity index (χ1) is 7.47. The van der Waals surface area contributed by atoms with Gasteiger partial charge in [-0.05, 0) is 37.3 Å². The van der Waals surface area contributed by atoms with Crippen molar-refractivity contribution in [2.24, 2.45) is 0 Å². The van der Waals surface area contributed by atoms with Crippen LogP contribution in [0.1, 0.15) is 24.8 Å². The number of rotatable bonds is 0. The van der Waals surface area contributed by atoms with E-state index in [1.807, 2.05) is 0 Å². The maximum Gasteiger partial charge on any atom is 0.0466 e. The molecule has 2 heterocycles. The van der Waals surface area contributed by atoms with Crippen LogP contribution in [0.3, 0.4) is 0 Å². The standard InChI is InChI=1S/C8H9N.C5H10O/c1-2-4-8-7(3-1)5-6-9-8;1-2-4-6-5-3-1/h1-4,9H,5-6H2;1-5H2. The number of fused-ring (bicyclic) bond motifs is 1. The van der Waals surface area contributed by atoms with E-state index in [1.54, 1.807) is 0 Å². The summed E-state index contributed by atoms with van der Waals surface area (Å²) in [4.78, 5) is 0. The van der Waals surface area contributed by atoms with Crippen LogP contribution in [0.25, 0.3) is 0 Å². The molecule has 2 aliphatic rings. The van der Waals surface area contributed by atoms with Gasteiger partial charge < -0.3 is 10.1 Å². The zero-order valence-electron chi connectivity index (χ0n) is 9.17. The van der Waals surface area contributed by atoms with Gasteiger partial charge in [-0.2, -0.15) is 0 Å². The van der Waals surface area contributed by atoms with Crippen LogP contribution < -0.4 is 5.32 Å². The van der Waals surface area contributed by atoms with E-state index in [0.717, 1.165) is 19.8 Å². The number of para-hydroxylation sites is 1. The Labute approximate surface area is 91.6 Å². The molecule has 0 unspecified atom stereocenters. The van der Waals surface area contributed by atoms with Crippen LogP contribution in [0.2, 0.25) is 0 Å². The average Bonchev–Trinajstić information content (AvgIpc) is 2.80. The van der Waals surface area contributed by atoms with Crippen LogP contribution in [-0.2, 0) is 11.2 Å². The lowest BCUT2D eigenvalue weighted by Crippen LogP contribution is -2.03. The first-order valence-corrected chi connectivity index (χ1v) is 5.86. The molecular weight excluding hydrogens is 186 g/mol. The number of hydrogen-bond donors (Lipinski definition) is 1. The smallest absolute Gasteiger partial charge is 0.0466 e. The molecule has 2 heteroatoms. The highest BCUT2D eigenvalue weighted by molar-refractivity contribution is 5.54. The molecule has 82 valence electrons. The quantitative estimate of drug-likeness (QED) is 0.703. The molecule has 0 aliphatic carbocycles. The molecule has 1 fully saturated rings. The highest BCUT2D eigenvalue weighted by Crippen LogP contribution is 2.19. The second kappa shape index (κ2) is 5.76. The number of anilines is 1. The van der Waals surface area contributed by atoms with Crippen molar-refractivity contribution in [1.29, 1.82) is 0 Å². The van der Waals surface area contributed by atoms with Gasteiger partial charge in [0, 0.05) is 25.4 Å². The van der Waals surface area contributed by atoms with Gasteiger partial charge in [0.1, 0.15) is 0 Å². The fourth-order valence-electron chi connectivity index (χ4n) is 1.93. The van der Waals surface area contributed by atoms with E-state index in [2.05, 4.69) is 29.6 Å². The van der Waals surface area contributed by atoms with Crippen molar-refractivity contribution in [3.63, 3.8) is 0 Å². The van der Waals surface area contributed by atoms with Gasteiger partial charge in [0.05, 0.1) is 0 Å². The predicted molar refractivity (Wildman–Crippen MR) is 63.3 cm³/mol. The predicted octanol–water partition coefficient (Wildman–Crippen LogP) is 2.84. The average molecular weight is 205 g/mol. The minimum Gasteiger partial charge on any atom is -0.384 e. The second-order valence-corrected chi connectivity index (χ2v) is 4.01. The third-order valence-electron chi connectivity index (χ3n) is 2.80. The summed E-state index contributed by atoms with van der Waals surface area (Å²) in [5.74, 6) is 0. The molecule has 0 amide bonds. The van der Waals surface area contributed by atoms with Crippen molar-refractivity contribution in [2.45, 2.75) is 25.7 Å². The van der Waals surface area contributed by atoms with Gasteiger partial charge in [-0.25, -0.2) is 0 Å². The van der Waals surface area contributed by atoms with Crippen LogP contribution in [-0.4, -0.2) is 19.8 Å². The lowest BCUT2D eigenvalue weighted by Gasteiger charge is -2.08. The Hall–Kier alpha value is -1.02. The third-order valence-corrected chi connectivity index (χ3v) is 2.80. The van der Waals surface area contributed by atoms with Crippen molar-refractivity contribution in [1.82, 2.24) is 0 Å². The summed E-state index contributed by atoms with van der Waals surface area (Å²) in [5.41, 5.74) is 2.77. The highest BCUT2D eigenvalue weighted by Gasteiger charge is 2.05. The van der Waals surface area contributed by atoms with Crippen molar-refractivity contribution in [2.75, 3.05) is 25.1 Å². The fourth-order valence-corrected chi connectivity index (χ4v) is 1.93. The molecule has 0 radical (unpaired) electrons. The molecule has 1 saturated heterocycles. The SMILES string of the molecule is C1CCOCC1.c1ccc2c(c1)CCN2. The number of benzene rings is 1. The lowest BCUT2D eigenvalue weighted by atomic mass is 10.2. The van der Waals surface area contributed by atoms with Gasteiger partial charge in [0.2, 0.25) is 0 Å². The molecule has 0 saturated carbocycles. The van der Waals surface area contributed by atoms with Gasteiger partial charge in [-0.1, -0.05) is 18.2 Å². The summed E-state index contributed by atoms with van der Waals surface area (Å²) in [5, 5.41) is 3.30. The molecule has 2 aliphatic heterocycles. The molecule has 1 aromatic carbocycles. The van der Waals surface area contributed by atoms with E-state index in [-0.39, 0.29) is 0 Å². The minimum atomic E-state index is 1.00. The van der Waals surface area contributed by atoms with Crippen LogP contribution in [0.5, 0.6) is 0 Å². The van der Waals surface area contributed by atoms with E-state index in [4.69, 9.17) is 4.74 Å². The lowest BCUT2D eigenvalue weighted by molar-refractivity contribution is 0.0968. The van der Waals surface area contributed by atoms with Gasteiger partial charge in [-0.15, -0.1) is 0 Å². The molecular formula is C13H19NO. The largest absolute Gasteiger partial charge is 0.384 e. The summed E-state index contributed by atoms with van der Waals surface area (Å²) >= 11 is 0. The monoisotopic (exact) mass is 205 g/mol. The van der Waals surface area contributed by atoms with E-state index in [1.165, 1.54) is 36.9 Å². The first kappa shape index (κ1) is 10.5. The third kappa shape index (κ3) is 3.24. The van der Waals surface area contributed by atoms with Crippen molar-refractivity contribution < 1.29 is 4.74 Å². The summed E-state index contributed by atoms with van der Waals surface area (Å²) < 4.78 is 5.07. The molecule has 15 heavy (non-hydrogen) atoms. The molecule has 3 rings (SSSR count). The Kier molecular flexibility index (Phi) is 4.03. The topological polar surface area (TPSA) is 21.3 Å². The summed E-state index contributed by atoms with van der Waals surface area (Å²) in [6.07, 6.45) is 5.12. The van der Waals surface area contributed by atoms with Crippen LogP contribution in [0.15, 0.2) is 24.3 Å². The summed E-state index contributed by atoms with van der Waals surface area (Å²) in [6.45, 7) is 3.11. The number of hydrogen-bond acceptors (Lipinski definition) is 2. The molecule has 1 N–H and O–H groups in total. The molecule has 0 spiro atoms. The van der Waals surface area contributed by atoms with Crippen LogP contribution >= 0.6 is 0 Å². The number of ether oxygens (including phenoxy) is 1. The van der Waals surface area contributed by atoms with Gasteiger partial charge in [0.25, 0.3) is 0 Å². The van der Waals surface area contributed by atoms with Crippen molar-refractivity contribution in [3.8, 4) is 0 Å². The molecule has 0 atom stereocenters. The molecule has 2 nitrogen and oxygen atoms in total. The van der Waals surface area contributed by atoms with Crippen molar-refractivity contribution in [3.05, 3.63) is 29.8 Å². The van der Waals surface area contributed by atoms with Gasteiger partial charge >= 0.3 is 0 Å². The van der Waals surface area contributed by atoms with E-state index >= 15 is 0 Å². The Balaban J connectivity index is 0.000000124.